The van der Waals surface area contributed by atoms with Crippen molar-refractivity contribution in [2.24, 2.45) is 5.73 Å². The first kappa shape index (κ1) is 14.3. The topological polar surface area (TPSA) is 70.4 Å². The fourth-order valence-corrected chi connectivity index (χ4v) is 1.22. The summed E-state index contributed by atoms with van der Waals surface area (Å²) in [6.07, 6.45) is 0.456. The molecule has 0 rings (SSSR count). The van der Waals surface area contributed by atoms with Crippen molar-refractivity contribution in [3.05, 3.63) is 0 Å². The molecule has 5 heteroatoms. The molecule has 0 saturated carbocycles. The van der Waals surface area contributed by atoms with Crippen LogP contribution in [0.5, 0.6) is 0 Å². The van der Waals surface area contributed by atoms with Gasteiger partial charge in [0.05, 0.1) is 0 Å². The Kier molecular flexibility index (Phi) is 8.27. The van der Waals surface area contributed by atoms with Crippen LogP contribution in [0.25, 0.3) is 0 Å². The van der Waals surface area contributed by atoms with Gasteiger partial charge in [-0.2, -0.15) is 0 Å². The number of carbonyl (C=O) groups excluding carboxylic acids is 1. The Morgan fingerprint density at radius 3 is 2.60 bits per heavy atom. The molecule has 0 aromatic rings. The van der Waals surface area contributed by atoms with E-state index in [0.29, 0.717) is 19.5 Å². The molecule has 0 aromatic carbocycles. The van der Waals surface area contributed by atoms with E-state index in [1.807, 2.05) is 21.0 Å². The number of carbonyl (C=O) groups is 1. The van der Waals surface area contributed by atoms with E-state index in [9.17, 15) is 4.79 Å². The summed E-state index contributed by atoms with van der Waals surface area (Å²) in [4.78, 5) is 13.4. The summed E-state index contributed by atoms with van der Waals surface area (Å²) < 4.78 is 0. The van der Waals surface area contributed by atoms with Crippen LogP contribution in [0.4, 0.5) is 0 Å². The maximum atomic E-state index is 11.3. The van der Waals surface area contributed by atoms with Gasteiger partial charge in [0.2, 0.25) is 5.91 Å². The third-order valence-corrected chi connectivity index (χ3v) is 2.08. The van der Waals surface area contributed by atoms with Gasteiger partial charge in [-0.05, 0) is 21.0 Å². The summed E-state index contributed by atoms with van der Waals surface area (Å²) in [6.45, 7) is 4.88. The summed E-state index contributed by atoms with van der Waals surface area (Å²) in [5.74, 6) is 0.0605. The summed E-state index contributed by atoms with van der Waals surface area (Å²) in [6, 6.07) is 0.0801. The van der Waals surface area contributed by atoms with Crippen LogP contribution in [-0.4, -0.2) is 57.1 Å². The normalized spacial score (nSPS) is 12.9. The molecule has 1 amide bonds. The predicted octanol–water partition coefficient (Wildman–Crippen LogP) is -1.01. The fourth-order valence-electron chi connectivity index (χ4n) is 1.22. The molecular weight excluding hydrogens is 192 g/mol. The van der Waals surface area contributed by atoms with E-state index in [1.165, 1.54) is 0 Å². The van der Waals surface area contributed by atoms with Gasteiger partial charge in [-0.1, -0.05) is 0 Å². The van der Waals surface area contributed by atoms with Crippen LogP contribution in [0.2, 0.25) is 0 Å². The number of nitrogens with one attached hydrogen (secondary N) is 2. The Morgan fingerprint density at radius 1 is 1.47 bits per heavy atom. The molecule has 0 aliphatic heterocycles. The Labute approximate surface area is 92.4 Å². The lowest BCUT2D eigenvalue weighted by Crippen LogP contribution is -2.43. The standard InChI is InChI=1S/C10H24N4O/c1-4-12-10(15)7-9(8-11)13-5-6-14(2)3/h9,13H,4-8,11H2,1-3H3,(H,12,15). The summed E-state index contributed by atoms with van der Waals surface area (Å²) in [5.41, 5.74) is 5.58. The minimum atomic E-state index is 0.0605. The first-order valence-electron chi connectivity index (χ1n) is 5.45. The number of nitrogens with two attached hydrogens (primary N) is 1. The van der Waals surface area contributed by atoms with Gasteiger partial charge in [0.15, 0.2) is 0 Å². The van der Waals surface area contributed by atoms with Gasteiger partial charge in [-0.3, -0.25) is 4.79 Å². The maximum absolute atomic E-state index is 11.3. The minimum Gasteiger partial charge on any atom is -0.356 e. The average molecular weight is 216 g/mol. The number of nitrogens with zero attached hydrogens (tertiary/aromatic N) is 1. The highest BCUT2D eigenvalue weighted by Gasteiger charge is 2.10. The second-order valence-corrected chi connectivity index (χ2v) is 3.85. The summed E-state index contributed by atoms with van der Waals surface area (Å²) in [5, 5.41) is 6.03. The zero-order valence-electron chi connectivity index (χ0n) is 10.0. The van der Waals surface area contributed by atoms with Crippen LogP contribution in [0.1, 0.15) is 13.3 Å². The smallest absolute Gasteiger partial charge is 0.221 e. The number of hydrogen-bond donors (Lipinski definition) is 3. The van der Waals surface area contributed by atoms with Crippen LogP contribution >= 0.6 is 0 Å². The molecule has 0 radical (unpaired) electrons. The van der Waals surface area contributed by atoms with Crippen LogP contribution in [0, 0.1) is 0 Å². The molecule has 0 aliphatic carbocycles. The van der Waals surface area contributed by atoms with E-state index in [1.54, 1.807) is 0 Å². The van der Waals surface area contributed by atoms with Crippen LogP contribution in [0.15, 0.2) is 0 Å². The van der Waals surface area contributed by atoms with Crippen molar-refractivity contribution < 1.29 is 4.79 Å². The molecular formula is C10H24N4O. The van der Waals surface area contributed by atoms with Crippen molar-refractivity contribution in [1.82, 2.24) is 15.5 Å². The van der Waals surface area contributed by atoms with Gasteiger partial charge >= 0.3 is 0 Å². The number of amides is 1. The summed E-state index contributed by atoms with van der Waals surface area (Å²) in [7, 11) is 4.03. The van der Waals surface area contributed by atoms with E-state index in [0.717, 1.165) is 13.1 Å². The van der Waals surface area contributed by atoms with Gasteiger partial charge in [-0.25, -0.2) is 0 Å². The van der Waals surface area contributed by atoms with Crippen LogP contribution in [0.3, 0.4) is 0 Å². The summed E-state index contributed by atoms with van der Waals surface area (Å²) >= 11 is 0. The molecule has 0 spiro atoms. The van der Waals surface area contributed by atoms with Gasteiger partial charge in [0, 0.05) is 38.6 Å². The Bertz CT molecular complexity index is 173. The zero-order chi connectivity index (χ0) is 11.7. The van der Waals surface area contributed by atoms with Gasteiger partial charge in [0.25, 0.3) is 0 Å². The van der Waals surface area contributed by atoms with Crippen molar-refractivity contribution >= 4 is 5.91 Å². The third kappa shape index (κ3) is 8.35. The van der Waals surface area contributed by atoms with E-state index < -0.39 is 0 Å². The molecule has 4 N–H and O–H groups in total. The molecule has 0 aliphatic rings. The van der Waals surface area contributed by atoms with Crippen molar-refractivity contribution in [2.75, 3.05) is 40.3 Å². The lowest BCUT2D eigenvalue weighted by Gasteiger charge is -2.18. The van der Waals surface area contributed by atoms with Crippen LogP contribution < -0.4 is 16.4 Å². The van der Waals surface area contributed by atoms with Gasteiger partial charge in [0.1, 0.15) is 0 Å². The molecule has 15 heavy (non-hydrogen) atoms. The third-order valence-electron chi connectivity index (χ3n) is 2.08. The van der Waals surface area contributed by atoms with E-state index in [2.05, 4.69) is 15.5 Å². The van der Waals surface area contributed by atoms with Crippen molar-refractivity contribution in [1.29, 1.82) is 0 Å². The second kappa shape index (κ2) is 8.64. The van der Waals surface area contributed by atoms with Crippen molar-refractivity contribution in [3.8, 4) is 0 Å². The fraction of sp³-hybridized carbons (Fsp3) is 0.900. The SMILES string of the molecule is CCNC(=O)CC(CN)NCCN(C)C. The van der Waals surface area contributed by atoms with Gasteiger partial charge < -0.3 is 21.3 Å². The molecule has 0 fully saturated rings. The Morgan fingerprint density at radius 2 is 2.13 bits per heavy atom. The monoisotopic (exact) mass is 216 g/mol. The quantitative estimate of drug-likeness (QED) is 0.486. The largest absolute Gasteiger partial charge is 0.356 e. The molecule has 0 aromatic heterocycles. The Hall–Kier alpha value is -0.650. The lowest BCUT2D eigenvalue weighted by molar-refractivity contribution is -0.121. The molecule has 1 unspecified atom stereocenters. The lowest BCUT2D eigenvalue weighted by atomic mass is 10.2. The maximum Gasteiger partial charge on any atom is 0.221 e. The number of likely N-dealkylation sites (N-methyl/N-ethyl adjacent to an activating group) is 1. The zero-order valence-corrected chi connectivity index (χ0v) is 10.0. The van der Waals surface area contributed by atoms with E-state index in [-0.39, 0.29) is 11.9 Å². The number of rotatable bonds is 8. The molecule has 0 saturated heterocycles. The molecule has 0 heterocycles. The predicted molar refractivity (Wildman–Crippen MR) is 62.7 cm³/mol. The highest BCUT2D eigenvalue weighted by molar-refractivity contribution is 5.76. The van der Waals surface area contributed by atoms with E-state index >= 15 is 0 Å². The Balaban J connectivity index is 3.67. The first-order chi connectivity index (χ1) is 7.10. The van der Waals surface area contributed by atoms with Crippen molar-refractivity contribution in [2.45, 2.75) is 19.4 Å². The van der Waals surface area contributed by atoms with Gasteiger partial charge in [-0.15, -0.1) is 0 Å². The molecule has 5 nitrogen and oxygen atoms in total. The van der Waals surface area contributed by atoms with E-state index in [4.69, 9.17) is 5.73 Å². The molecule has 0 bridgehead atoms. The highest BCUT2D eigenvalue weighted by Crippen LogP contribution is 1.89. The minimum absolute atomic E-state index is 0.0605. The van der Waals surface area contributed by atoms with Crippen LogP contribution in [-0.2, 0) is 4.79 Å². The van der Waals surface area contributed by atoms with Crippen molar-refractivity contribution in [3.63, 3.8) is 0 Å². The molecule has 90 valence electrons. The second-order valence-electron chi connectivity index (χ2n) is 3.85. The average Bonchev–Trinajstić information content (AvgIpc) is 2.16. The molecule has 1 atom stereocenters. The highest BCUT2D eigenvalue weighted by atomic mass is 16.1. The number of hydrogen-bond acceptors (Lipinski definition) is 4. The first-order valence-corrected chi connectivity index (χ1v) is 5.45.